The van der Waals surface area contributed by atoms with Crippen LogP contribution in [0.1, 0.15) is 17.0 Å². The van der Waals surface area contributed by atoms with Gasteiger partial charge in [0, 0.05) is 12.1 Å². The van der Waals surface area contributed by atoms with Crippen LogP contribution in [-0.4, -0.2) is 26.5 Å². The first-order chi connectivity index (χ1) is 15.0. The van der Waals surface area contributed by atoms with Crippen LogP contribution in [0.15, 0.2) is 65.8 Å². The Morgan fingerprint density at radius 1 is 1.16 bits per heavy atom. The van der Waals surface area contributed by atoms with Gasteiger partial charge in [-0.15, -0.1) is 10.2 Å². The van der Waals surface area contributed by atoms with Gasteiger partial charge >= 0.3 is 0 Å². The van der Waals surface area contributed by atoms with Crippen LogP contribution < -0.4 is 11.2 Å². The molecule has 0 atom stereocenters. The van der Waals surface area contributed by atoms with E-state index in [2.05, 4.69) is 33.7 Å². The molecule has 0 aliphatic heterocycles. The molecule has 0 spiro atoms. The number of carbonyl (C=O) groups excluding carboxylic acids is 1. The van der Waals surface area contributed by atoms with E-state index in [0.29, 0.717) is 28.7 Å². The lowest BCUT2D eigenvalue weighted by molar-refractivity contribution is -0.113. The predicted octanol–water partition coefficient (Wildman–Crippen LogP) is 3.99. The van der Waals surface area contributed by atoms with Crippen molar-refractivity contribution in [2.24, 2.45) is 0 Å². The third-order valence-corrected chi connectivity index (χ3v) is 5.93. The molecule has 0 aliphatic carbocycles. The monoisotopic (exact) mass is 448 g/mol. The molecule has 0 saturated carbocycles. The summed E-state index contributed by atoms with van der Waals surface area (Å²) in [5.41, 5.74) is 1.97. The number of anilines is 1. The lowest BCUT2D eigenvalue weighted by Gasteiger charge is -2.07. The summed E-state index contributed by atoms with van der Waals surface area (Å²) in [5.74, 6) is 6.64. The minimum Gasteiger partial charge on any atom is -0.336 e. The normalized spacial score (nSPS) is 10.7. The van der Waals surface area contributed by atoms with Crippen molar-refractivity contribution in [2.75, 3.05) is 16.9 Å². The topological polar surface area (TPSA) is 110 Å². The molecule has 9 heteroatoms. The van der Waals surface area contributed by atoms with Crippen LogP contribution in [0.4, 0.5) is 5.69 Å². The summed E-state index contributed by atoms with van der Waals surface area (Å²) >= 11 is 7.18. The average molecular weight is 449 g/mol. The molecule has 0 unspecified atom stereocenters. The van der Waals surface area contributed by atoms with Crippen LogP contribution in [0.25, 0.3) is 10.8 Å². The summed E-state index contributed by atoms with van der Waals surface area (Å²) < 4.78 is 1.41. The van der Waals surface area contributed by atoms with E-state index < -0.39 is 0 Å². The van der Waals surface area contributed by atoms with Crippen molar-refractivity contribution in [3.05, 3.63) is 82.6 Å². The van der Waals surface area contributed by atoms with Gasteiger partial charge in [0.05, 0.1) is 16.3 Å². The Bertz CT molecular complexity index is 1310. The summed E-state index contributed by atoms with van der Waals surface area (Å²) in [5, 5.41) is 23.0. The highest BCUT2D eigenvalue weighted by Crippen LogP contribution is 2.23. The molecule has 31 heavy (non-hydrogen) atoms. The quantitative estimate of drug-likeness (QED) is 0.341. The average Bonchev–Trinajstić information content (AvgIpc) is 3.12. The van der Waals surface area contributed by atoms with Gasteiger partial charge in [0.25, 0.3) is 0 Å². The molecular weight excluding hydrogens is 432 g/mol. The Morgan fingerprint density at radius 2 is 1.97 bits per heavy atom. The van der Waals surface area contributed by atoms with Crippen LogP contribution in [0.2, 0.25) is 5.02 Å². The highest BCUT2D eigenvalue weighted by molar-refractivity contribution is 7.99. The lowest BCUT2D eigenvalue weighted by atomic mass is 10.0. The van der Waals surface area contributed by atoms with E-state index in [1.54, 1.807) is 12.1 Å². The lowest BCUT2D eigenvalue weighted by Crippen LogP contribution is -2.17. The first-order valence-corrected chi connectivity index (χ1v) is 10.7. The van der Waals surface area contributed by atoms with Crippen LogP contribution in [0.3, 0.4) is 0 Å². The number of amides is 1. The Morgan fingerprint density at radius 3 is 2.77 bits per heavy atom. The first-order valence-electron chi connectivity index (χ1n) is 9.33. The van der Waals surface area contributed by atoms with E-state index in [1.807, 2.05) is 30.3 Å². The van der Waals surface area contributed by atoms with E-state index >= 15 is 0 Å². The number of hydrogen-bond acceptors (Lipinski definition) is 6. The Hall–Kier alpha value is -3.54. The van der Waals surface area contributed by atoms with Crippen molar-refractivity contribution < 1.29 is 4.79 Å². The second kappa shape index (κ2) is 9.08. The summed E-state index contributed by atoms with van der Waals surface area (Å²) in [4.78, 5) is 12.3. The Kier molecular flexibility index (Phi) is 6.07. The van der Waals surface area contributed by atoms with Crippen molar-refractivity contribution in [1.82, 2.24) is 14.9 Å². The van der Waals surface area contributed by atoms with Gasteiger partial charge in [-0.3, -0.25) is 4.79 Å². The Balaban J connectivity index is 1.41. The van der Waals surface area contributed by atoms with Gasteiger partial charge in [0.1, 0.15) is 6.07 Å². The van der Waals surface area contributed by atoms with Gasteiger partial charge in [-0.25, -0.2) is 4.68 Å². The van der Waals surface area contributed by atoms with Gasteiger partial charge in [-0.05, 0) is 34.5 Å². The van der Waals surface area contributed by atoms with E-state index in [1.165, 1.54) is 22.5 Å². The molecule has 0 fully saturated rings. The van der Waals surface area contributed by atoms with Crippen LogP contribution >= 0.6 is 23.4 Å². The molecule has 3 N–H and O–H groups in total. The van der Waals surface area contributed by atoms with Gasteiger partial charge in [-0.2, -0.15) is 5.26 Å². The molecule has 4 aromatic rings. The van der Waals surface area contributed by atoms with Crippen LogP contribution in [0.5, 0.6) is 0 Å². The van der Waals surface area contributed by atoms with Crippen LogP contribution in [-0.2, 0) is 11.2 Å². The van der Waals surface area contributed by atoms with E-state index in [-0.39, 0.29) is 16.7 Å². The summed E-state index contributed by atoms with van der Waals surface area (Å²) in [6, 6.07) is 20.9. The summed E-state index contributed by atoms with van der Waals surface area (Å²) in [6.45, 7) is 0. The molecule has 0 saturated heterocycles. The number of thioether (sulfide) groups is 1. The molecular formula is C22H17ClN6OS. The number of hydrogen-bond donors (Lipinski definition) is 2. The zero-order valence-electron chi connectivity index (χ0n) is 16.2. The van der Waals surface area contributed by atoms with Gasteiger partial charge in [0.2, 0.25) is 11.1 Å². The maximum atomic E-state index is 12.3. The van der Waals surface area contributed by atoms with Gasteiger partial charge < -0.3 is 11.2 Å². The standard InChI is InChI=1S/C22H17ClN6OS/c23-19-11-17(9-8-16(19)12-24)26-21(30)13-31-22-28-27-20(29(22)25)10-15-6-3-5-14-4-1-2-7-18(14)15/h1-9,11H,10,13,25H2,(H,26,30). The fourth-order valence-corrected chi connectivity index (χ4v) is 4.05. The number of benzene rings is 3. The predicted molar refractivity (Wildman–Crippen MR) is 122 cm³/mol. The van der Waals surface area contributed by atoms with Crippen molar-refractivity contribution in [2.45, 2.75) is 11.6 Å². The number of fused-ring (bicyclic) bond motifs is 1. The minimum absolute atomic E-state index is 0.0984. The maximum Gasteiger partial charge on any atom is 0.234 e. The van der Waals surface area contributed by atoms with Crippen molar-refractivity contribution in [1.29, 1.82) is 5.26 Å². The molecule has 7 nitrogen and oxygen atoms in total. The Labute approximate surface area is 187 Å². The second-order valence-corrected chi connectivity index (χ2v) is 8.08. The highest BCUT2D eigenvalue weighted by Gasteiger charge is 2.14. The molecule has 3 aromatic carbocycles. The number of nitriles is 1. The molecule has 1 aromatic heterocycles. The molecule has 154 valence electrons. The summed E-state index contributed by atoms with van der Waals surface area (Å²) in [7, 11) is 0. The maximum absolute atomic E-state index is 12.3. The molecule has 4 rings (SSSR count). The van der Waals surface area contributed by atoms with Crippen molar-refractivity contribution in [3.63, 3.8) is 0 Å². The SMILES string of the molecule is N#Cc1ccc(NC(=O)CSc2nnc(Cc3cccc4ccccc34)n2N)cc1Cl. The molecule has 1 amide bonds. The van der Waals surface area contributed by atoms with E-state index in [9.17, 15) is 4.79 Å². The van der Waals surface area contributed by atoms with Crippen molar-refractivity contribution in [3.8, 4) is 6.07 Å². The third-order valence-electron chi connectivity index (χ3n) is 4.67. The van der Waals surface area contributed by atoms with E-state index in [0.717, 1.165) is 16.3 Å². The third kappa shape index (κ3) is 4.63. The largest absolute Gasteiger partial charge is 0.336 e. The summed E-state index contributed by atoms with van der Waals surface area (Å²) in [6.07, 6.45) is 0.529. The van der Waals surface area contributed by atoms with Gasteiger partial charge in [-0.1, -0.05) is 65.8 Å². The zero-order valence-corrected chi connectivity index (χ0v) is 17.8. The number of nitrogen functional groups attached to an aromatic ring is 1. The number of halogens is 1. The number of aromatic nitrogens is 3. The fourth-order valence-electron chi connectivity index (χ4n) is 3.15. The molecule has 0 radical (unpaired) electrons. The number of nitrogens with zero attached hydrogens (tertiary/aromatic N) is 4. The smallest absolute Gasteiger partial charge is 0.234 e. The van der Waals surface area contributed by atoms with Crippen molar-refractivity contribution >= 4 is 45.7 Å². The fraction of sp³-hybridized carbons (Fsp3) is 0.0909. The molecule has 0 aliphatic rings. The number of nitrogens with one attached hydrogen (secondary N) is 1. The second-order valence-electron chi connectivity index (χ2n) is 6.73. The molecule has 0 bridgehead atoms. The zero-order chi connectivity index (χ0) is 21.8. The minimum atomic E-state index is -0.246. The highest BCUT2D eigenvalue weighted by atomic mass is 35.5. The van der Waals surface area contributed by atoms with Gasteiger partial charge in [0.15, 0.2) is 5.82 Å². The first kappa shape index (κ1) is 20.7. The number of carbonyl (C=O) groups is 1. The van der Waals surface area contributed by atoms with Crippen LogP contribution in [0, 0.1) is 11.3 Å². The molecule has 1 heterocycles. The van der Waals surface area contributed by atoms with E-state index in [4.69, 9.17) is 22.7 Å². The number of rotatable bonds is 6. The number of nitrogens with two attached hydrogens (primary N) is 1.